The average molecular weight is 381 g/mol. The summed E-state index contributed by atoms with van der Waals surface area (Å²) in [7, 11) is 0. The number of hydrogen-bond donors (Lipinski definition) is 2. The number of amides is 1. The first kappa shape index (κ1) is 19.0. The second-order valence-electron chi connectivity index (χ2n) is 5.71. The van der Waals surface area contributed by atoms with Gasteiger partial charge in [-0.1, -0.05) is 5.16 Å². The molecule has 0 spiro atoms. The van der Waals surface area contributed by atoms with Crippen molar-refractivity contribution in [2.24, 2.45) is 0 Å². The van der Waals surface area contributed by atoms with Crippen LogP contribution in [0.5, 0.6) is 5.75 Å². The van der Waals surface area contributed by atoms with E-state index in [0.717, 1.165) is 5.56 Å². The summed E-state index contributed by atoms with van der Waals surface area (Å²) in [5.74, 6) is 0.565. The third-order valence-electron chi connectivity index (χ3n) is 3.74. The van der Waals surface area contributed by atoms with Crippen LogP contribution in [0.3, 0.4) is 0 Å². The van der Waals surface area contributed by atoms with Gasteiger partial charge >= 0.3 is 6.01 Å². The van der Waals surface area contributed by atoms with E-state index < -0.39 is 0 Å². The fourth-order valence-electron chi connectivity index (χ4n) is 2.35. The second kappa shape index (κ2) is 9.26. The molecule has 0 aliphatic heterocycles. The zero-order chi connectivity index (χ0) is 19.8. The Morgan fingerprint density at radius 1 is 1.07 bits per heavy atom. The Hall–Kier alpha value is -3.75. The minimum Gasteiger partial charge on any atom is -0.494 e. The first-order valence-electron chi connectivity index (χ1n) is 8.70. The molecule has 0 radical (unpaired) electrons. The molecule has 0 bridgehead atoms. The van der Waals surface area contributed by atoms with Crippen LogP contribution >= 0.6 is 0 Å². The lowest BCUT2D eigenvalue weighted by Crippen LogP contribution is -2.29. The molecule has 0 unspecified atom stereocenters. The molecule has 2 aromatic heterocycles. The van der Waals surface area contributed by atoms with E-state index in [1.165, 1.54) is 0 Å². The zero-order valence-corrected chi connectivity index (χ0v) is 15.2. The van der Waals surface area contributed by atoms with Crippen molar-refractivity contribution in [1.29, 1.82) is 0 Å². The van der Waals surface area contributed by atoms with Crippen LogP contribution < -0.4 is 15.6 Å². The highest BCUT2D eigenvalue weighted by Gasteiger charge is 2.12. The van der Waals surface area contributed by atoms with E-state index in [1.54, 1.807) is 48.8 Å². The lowest BCUT2D eigenvalue weighted by atomic mass is 10.1. The van der Waals surface area contributed by atoms with Gasteiger partial charge in [-0.05, 0) is 43.3 Å². The Morgan fingerprint density at radius 2 is 1.82 bits per heavy atom. The van der Waals surface area contributed by atoms with Gasteiger partial charge in [0.05, 0.1) is 6.61 Å². The molecule has 2 heterocycles. The molecule has 0 atom stereocenters. The monoisotopic (exact) mass is 381 g/mol. The maximum absolute atomic E-state index is 12.2. The molecular formula is C19H19N5O4. The van der Waals surface area contributed by atoms with Crippen molar-refractivity contribution in [2.45, 2.75) is 19.8 Å². The van der Waals surface area contributed by atoms with Crippen molar-refractivity contribution in [1.82, 2.24) is 20.6 Å². The number of hydrogen-bond acceptors (Lipinski definition) is 8. The van der Waals surface area contributed by atoms with Gasteiger partial charge in [-0.25, -0.2) is 5.43 Å². The quantitative estimate of drug-likeness (QED) is 0.429. The molecule has 3 rings (SSSR count). The predicted octanol–water partition coefficient (Wildman–Crippen LogP) is 2.64. The first-order chi connectivity index (χ1) is 13.7. The number of carbonyl (C=O) groups is 2. The average Bonchev–Trinajstić information content (AvgIpc) is 3.21. The molecule has 1 aromatic carbocycles. The molecule has 0 aliphatic rings. The van der Waals surface area contributed by atoms with E-state index in [0.29, 0.717) is 23.7 Å². The molecule has 0 aliphatic carbocycles. The third-order valence-corrected chi connectivity index (χ3v) is 3.74. The summed E-state index contributed by atoms with van der Waals surface area (Å²) in [6, 6.07) is 10.3. The molecule has 0 saturated carbocycles. The van der Waals surface area contributed by atoms with Crippen LogP contribution in [0, 0.1) is 0 Å². The Bertz CT molecular complexity index is 925. The van der Waals surface area contributed by atoms with E-state index in [4.69, 9.17) is 9.26 Å². The largest absolute Gasteiger partial charge is 0.494 e. The topological polar surface area (TPSA) is 119 Å². The van der Waals surface area contributed by atoms with E-state index >= 15 is 0 Å². The molecule has 2 N–H and O–H groups in total. The number of ether oxygens (including phenoxy) is 1. The first-order valence-corrected chi connectivity index (χ1v) is 8.70. The number of rotatable bonds is 9. The lowest BCUT2D eigenvalue weighted by molar-refractivity contribution is -0.120. The van der Waals surface area contributed by atoms with Gasteiger partial charge in [0.15, 0.2) is 5.78 Å². The van der Waals surface area contributed by atoms with Crippen LogP contribution in [0.4, 0.5) is 6.01 Å². The number of nitrogens with one attached hydrogen (secondary N) is 2. The van der Waals surface area contributed by atoms with Gasteiger partial charge in [0, 0.05) is 36.4 Å². The van der Waals surface area contributed by atoms with Gasteiger partial charge in [-0.2, -0.15) is 4.98 Å². The number of ketones is 1. The van der Waals surface area contributed by atoms with E-state index in [1.807, 2.05) is 6.92 Å². The van der Waals surface area contributed by atoms with Crippen LogP contribution in [0.15, 0.2) is 53.3 Å². The van der Waals surface area contributed by atoms with Gasteiger partial charge < -0.3 is 9.26 Å². The molecule has 0 fully saturated rings. The van der Waals surface area contributed by atoms with Crippen molar-refractivity contribution in [3.8, 4) is 17.1 Å². The Labute approximate surface area is 161 Å². The minimum absolute atomic E-state index is 0.0182. The Kier molecular flexibility index (Phi) is 6.29. The highest BCUT2D eigenvalue weighted by molar-refractivity contribution is 5.98. The number of pyridine rings is 1. The smallest absolute Gasteiger partial charge is 0.340 e. The summed E-state index contributed by atoms with van der Waals surface area (Å²) < 4.78 is 10.3. The number of hydrazine groups is 1. The highest BCUT2D eigenvalue weighted by atomic mass is 16.5. The SMILES string of the molecule is CCOc1ccc(C(=O)CCC(=O)NNc2nc(-c3ccncc3)no2)cc1. The third kappa shape index (κ3) is 5.13. The van der Waals surface area contributed by atoms with Gasteiger partial charge in [-0.15, -0.1) is 0 Å². The number of carbonyl (C=O) groups excluding carboxylic acids is 2. The fraction of sp³-hybridized carbons (Fsp3) is 0.211. The van der Waals surface area contributed by atoms with Gasteiger partial charge in [-0.3, -0.25) is 20.0 Å². The van der Waals surface area contributed by atoms with E-state index in [9.17, 15) is 9.59 Å². The molecule has 9 heteroatoms. The van der Waals surface area contributed by atoms with Crippen LogP contribution in [-0.4, -0.2) is 33.4 Å². The second-order valence-corrected chi connectivity index (χ2v) is 5.71. The number of anilines is 1. The van der Waals surface area contributed by atoms with Crippen molar-refractivity contribution in [3.63, 3.8) is 0 Å². The summed E-state index contributed by atoms with van der Waals surface area (Å²) in [6.45, 7) is 2.45. The maximum Gasteiger partial charge on any atom is 0.340 e. The van der Waals surface area contributed by atoms with Gasteiger partial charge in [0.1, 0.15) is 5.75 Å². The van der Waals surface area contributed by atoms with Crippen LogP contribution in [0.2, 0.25) is 0 Å². The molecule has 144 valence electrons. The molecule has 0 saturated heterocycles. The normalized spacial score (nSPS) is 10.3. The molecular weight excluding hydrogens is 362 g/mol. The van der Waals surface area contributed by atoms with E-state index in [-0.39, 0.29) is 30.5 Å². The van der Waals surface area contributed by atoms with Crippen molar-refractivity contribution in [2.75, 3.05) is 12.0 Å². The maximum atomic E-state index is 12.2. The van der Waals surface area contributed by atoms with Gasteiger partial charge in [0.2, 0.25) is 11.7 Å². The summed E-state index contributed by atoms with van der Waals surface area (Å²) in [5.41, 5.74) is 6.23. The molecule has 1 amide bonds. The van der Waals surface area contributed by atoms with Crippen LogP contribution in [0.25, 0.3) is 11.4 Å². The molecule has 3 aromatic rings. The Morgan fingerprint density at radius 3 is 2.54 bits per heavy atom. The molecule has 28 heavy (non-hydrogen) atoms. The lowest BCUT2D eigenvalue weighted by Gasteiger charge is -2.05. The Balaban J connectivity index is 1.44. The van der Waals surface area contributed by atoms with Crippen molar-refractivity contribution < 1.29 is 18.8 Å². The number of Topliss-reactive ketones (excluding diaryl/α,β-unsaturated/α-hetero) is 1. The number of benzene rings is 1. The predicted molar refractivity (Wildman–Crippen MR) is 100 cm³/mol. The number of nitrogens with zero attached hydrogens (tertiary/aromatic N) is 3. The minimum atomic E-state index is -0.372. The van der Waals surface area contributed by atoms with Crippen LogP contribution in [-0.2, 0) is 4.79 Å². The standard InChI is InChI=1S/C19H19N5O4/c1-2-27-15-5-3-13(4-6-15)16(25)7-8-17(26)22-23-19-21-18(24-28-19)14-9-11-20-12-10-14/h3-6,9-12H,2,7-8H2,1H3,(H,22,26)(H,21,23,24). The summed E-state index contributed by atoms with van der Waals surface area (Å²) in [4.78, 5) is 32.1. The summed E-state index contributed by atoms with van der Waals surface area (Å²) in [6.07, 6.45) is 3.32. The molecule has 9 nitrogen and oxygen atoms in total. The zero-order valence-electron chi connectivity index (χ0n) is 15.2. The summed E-state index contributed by atoms with van der Waals surface area (Å²) >= 11 is 0. The number of aromatic nitrogens is 3. The van der Waals surface area contributed by atoms with Crippen molar-refractivity contribution >= 4 is 17.7 Å². The summed E-state index contributed by atoms with van der Waals surface area (Å²) in [5, 5.41) is 3.81. The fourth-order valence-corrected chi connectivity index (χ4v) is 2.35. The van der Waals surface area contributed by atoms with Gasteiger partial charge in [0.25, 0.3) is 0 Å². The van der Waals surface area contributed by atoms with E-state index in [2.05, 4.69) is 26.0 Å². The van der Waals surface area contributed by atoms with Crippen molar-refractivity contribution in [3.05, 3.63) is 54.4 Å². The highest BCUT2D eigenvalue weighted by Crippen LogP contribution is 2.16. The van der Waals surface area contributed by atoms with Crippen LogP contribution in [0.1, 0.15) is 30.1 Å².